The molecule has 0 spiro atoms. The molecule has 0 radical (unpaired) electrons. The average Bonchev–Trinajstić information content (AvgIpc) is 3.37. The van der Waals surface area contributed by atoms with E-state index < -0.39 is 0 Å². The topological polar surface area (TPSA) is 56.7 Å². The maximum absolute atomic E-state index is 12.4. The molecule has 5 nitrogen and oxygen atoms in total. The Hall–Kier alpha value is -2.82. The van der Waals surface area contributed by atoms with Crippen LogP contribution in [0.15, 0.2) is 53.5 Å². The van der Waals surface area contributed by atoms with E-state index in [-0.39, 0.29) is 5.91 Å². The Morgan fingerprint density at radius 3 is 2.27 bits per heavy atom. The van der Waals surface area contributed by atoms with Crippen LogP contribution in [0, 0.1) is 0 Å². The van der Waals surface area contributed by atoms with Crippen molar-refractivity contribution in [1.82, 2.24) is 10.2 Å². The summed E-state index contributed by atoms with van der Waals surface area (Å²) >= 11 is 0. The molecule has 0 atom stereocenters. The van der Waals surface area contributed by atoms with Crippen molar-refractivity contribution < 1.29 is 4.79 Å². The molecule has 1 amide bonds. The average molecular weight is 348 g/mol. The monoisotopic (exact) mass is 348 g/mol. The summed E-state index contributed by atoms with van der Waals surface area (Å²) in [5.41, 5.74) is 4.29. The third kappa shape index (κ3) is 3.87. The normalized spacial score (nSPS) is 16.3. The zero-order chi connectivity index (χ0) is 17.8. The summed E-state index contributed by atoms with van der Waals surface area (Å²) in [5.74, 6) is 1.00. The van der Waals surface area contributed by atoms with E-state index in [2.05, 4.69) is 52.0 Å². The molecule has 2 aliphatic heterocycles. The van der Waals surface area contributed by atoms with Gasteiger partial charge in [-0.25, -0.2) is 0 Å². The molecule has 2 aromatic rings. The highest BCUT2D eigenvalue weighted by Gasteiger charge is 2.19. The van der Waals surface area contributed by atoms with Crippen LogP contribution in [0.2, 0.25) is 0 Å². The molecule has 2 aliphatic rings. The minimum atomic E-state index is 0.160. The summed E-state index contributed by atoms with van der Waals surface area (Å²) < 4.78 is 0. The predicted molar refractivity (Wildman–Crippen MR) is 105 cm³/mol. The van der Waals surface area contributed by atoms with E-state index in [1.54, 1.807) is 0 Å². The van der Waals surface area contributed by atoms with Crippen molar-refractivity contribution in [1.29, 1.82) is 0 Å². The van der Waals surface area contributed by atoms with Crippen LogP contribution in [0.1, 0.15) is 34.3 Å². The number of carbonyl (C=O) groups is 1. The summed E-state index contributed by atoms with van der Waals surface area (Å²) in [4.78, 5) is 18.7. The number of anilines is 1. The number of nitrogens with zero attached hydrogens (tertiary/aromatic N) is 2. The van der Waals surface area contributed by atoms with Crippen molar-refractivity contribution in [2.45, 2.75) is 19.3 Å². The van der Waals surface area contributed by atoms with E-state index >= 15 is 0 Å². The highest BCUT2D eigenvalue weighted by molar-refractivity contribution is 5.95. The molecule has 2 heterocycles. The van der Waals surface area contributed by atoms with E-state index in [1.165, 1.54) is 11.1 Å². The van der Waals surface area contributed by atoms with E-state index in [0.29, 0.717) is 0 Å². The quantitative estimate of drug-likeness (QED) is 0.893. The standard InChI is InChI=1S/C21H24N4O/c26-20(25-13-1-2-14-25)18-7-3-16(4-8-18)15-17-5-9-19(10-6-17)24-21-22-11-12-23-21/h3-10H,1-2,11-15H2,(H2,22,23,24). The van der Waals surface area contributed by atoms with Crippen LogP contribution in [0.4, 0.5) is 5.69 Å². The third-order valence-corrected chi connectivity index (χ3v) is 4.89. The van der Waals surface area contributed by atoms with Gasteiger partial charge in [0, 0.05) is 30.9 Å². The lowest BCUT2D eigenvalue weighted by atomic mass is 10.0. The van der Waals surface area contributed by atoms with Crippen molar-refractivity contribution in [3.05, 3.63) is 65.2 Å². The molecule has 0 saturated carbocycles. The molecule has 0 bridgehead atoms. The summed E-state index contributed by atoms with van der Waals surface area (Å²) in [5, 5.41) is 6.48. The van der Waals surface area contributed by atoms with Crippen molar-refractivity contribution in [2.24, 2.45) is 4.99 Å². The minimum Gasteiger partial charge on any atom is -0.354 e. The predicted octanol–water partition coefficient (Wildman–Crippen LogP) is 2.88. The molecule has 134 valence electrons. The van der Waals surface area contributed by atoms with Gasteiger partial charge in [-0.1, -0.05) is 24.3 Å². The Bertz CT molecular complexity index is 790. The zero-order valence-corrected chi connectivity index (χ0v) is 14.9. The number of guanidine groups is 1. The lowest BCUT2D eigenvalue weighted by Crippen LogP contribution is -2.27. The first-order valence-corrected chi connectivity index (χ1v) is 9.30. The minimum absolute atomic E-state index is 0.160. The molecular formula is C21H24N4O. The zero-order valence-electron chi connectivity index (χ0n) is 14.9. The summed E-state index contributed by atoms with van der Waals surface area (Å²) in [7, 11) is 0. The molecule has 2 aromatic carbocycles. The molecule has 1 saturated heterocycles. The van der Waals surface area contributed by atoms with Crippen LogP contribution in [-0.2, 0) is 6.42 Å². The Balaban J connectivity index is 1.36. The van der Waals surface area contributed by atoms with Gasteiger partial charge in [-0.3, -0.25) is 9.79 Å². The fourth-order valence-corrected chi connectivity index (χ4v) is 3.43. The highest BCUT2D eigenvalue weighted by atomic mass is 16.2. The van der Waals surface area contributed by atoms with Crippen molar-refractivity contribution in [3.8, 4) is 0 Å². The second kappa shape index (κ2) is 7.60. The molecule has 26 heavy (non-hydrogen) atoms. The number of carbonyl (C=O) groups excluding carboxylic acids is 1. The number of rotatable bonds is 4. The number of nitrogens with one attached hydrogen (secondary N) is 2. The lowest BCUT2D eigenvalue weighted by molar-refractivity contribution is 0.0793. The van der Waals surface area contributed by atoms with Crippen LogP contribution in [0.25, 0.3) is 0 Å². The fraction of sp³-hybridized carbons (Fsp3) is 0.333. The summed E-state index contributed by atoms with van der Waals surface area (Å²) in [6, 6.07) is 16.4. The number of hydrogen-bond donors (Lipinski definition) is 2. The Kier molecular flexibility index (Phi) is 4.86. The molecule has 4 rings (SSSR count). The number of likely N-dealkylation sites (tertiary alicyclic amines) is 1. The van der Waals surface area contributed by atoms with Crippen LogP contribution in [0.5, 0.6) is 0 Å². The second-order valence-corrected chi connectivity index (χ2v) is 6.85. The van der Waals surface area contributed by atoms with Crippen LogP contribution >= 0.6 is 0 Å². The summed E-state index contributed by atoms with van der Waals surface area (Å²) in [6.07, 6.45) is 3.10. The van der Waals surface area contributed by atoms with Gasteiger partial charge in [0.1, 0.15) is 0 Å². The number of hydrogen-bond acceptors (Lipinski definition) is 4. The van der Waals surface area contributed by atoms with E-state index in [9.17, 15) is 4.79 Å². The molecule has 1 fully saturated rings. The Labute approximate surface area is 154 Å². The third-order valence-electron chi connectivity index (χ3n) is 4.89. The molecule has 5 heteroatoms. The van der Waals surface area contributed by atoms with E-state index in [1.807, 2.05) is 17.0 Å². The second-order valence-electron chi connectivity index (χ2n) is 6.85. The Morgan fingerprint density at radius 2 is 1.65 bits per heavy atom. The molecule has 0 aromatic heterocycles. The van der Waals surface area contributed by atoms with Crippen LogP contribution < -0.4 is 10.6 Å². The smallest absolute Gasteiger partial charge is 0.253 e. The fourth-order valence-electron chi connectivity index (χ4n) is 3.43. The van der Waals surface area contributed by atoms with Gasteiger partial charge in [0.15, 0.2) is 5.96 Å². The first-order valence-electron chi connectivity index (χ1n) is 9.30. The van der Waals surface area contributed by atoms with E-state index in [0.717, 1.165) is 62.7 Å². The van der Waals surface area contributed by atoms with Gasteiger partial charge in [-0.15, -0.1) is 0 Å². The molecule has 0 aliphatic carbocycles. The van der Waals surface area contributed by atoms with Crippen molar-refractivity contribution in [2.75, 3.05) is 31.5 Å². The van der Waals surface area contributed by atoms with Gasteiger partial charge in [-0.05, 0) is 54.7 Å². The molecule has 2 N–H and O–H groups in total. The van der Waals surface area contributed by atoms with Gasteiger partial charge in [0.05, 0.1) is 6.54 Å². The van der Waals surface area contributed by atoms with Gasteiger partial charge in [0.2, 0.25) is 0 Å². The number of amides is 1. The number of benzene rings is 2. The lowest BCUT2D eigenvalue weighted by Gasteiger charge is -2.15. The van der Waals surface area contributed by atoms with Gasteiger partial charge >= 0.3 is 0 Å². The molecule has 0 unspecified atom stereocenters. The van der Waals surface area contributed by atoms with Crippen LogP contribution in [0.3, 0.4) is 0 Å². The Morgan fingerprint density at radius 1 is 1.00 bits per heavy atom. The first kappa shape index (κ1) is 16.6. The van der Waals surface area contributed by atoms with Gasteiger partial charge < -0.3 is 15.5 Å². The first-order chi connectivity index (χ1) is 12.8. The molecular weight excluding hydrogens is 324 g/mol. The van der Waals surface area contributed by atoms with E-state index in [4.69, 9.17) is 0 Å². The van der Waals surface area contributed by atoms with Crippen LogP contribution in [-0.4, -0.2) is 42.9 Å². The van der Waals surface area contributed by atoms with Gasteiger partial charge in [-0.2, -0.15) is 0 Å². The largest absolute Gasteiger partial charge is 0.354 e. The number of aliphatic imine (C=N–C) groups is 1. The SMILES string of the molecule is O=C(c1ccc(Cc2ccc(NC3=NCCN3)cc2)cc1)N1CCCC1. The van der Waals surface area contributed by atoms with Gasteiger partial charge in [0.25, 0.3) is 5.91 Å². The van der Waals surface area contributed by atoms with Crippen molar-refractivity contribution >= 4 is 17.6 Å². The van der Waals surface area contributed by atoms with Crippen molar-refractivity contribution in [3.63, 3.8) is 0 Å². The highest BCUT2D eigenvalue weighted by Crippen LogP contribution is 2.17. The maximum Gasteiger partial charge on any atom is 0.253 e. The summed E-state index contributed by atoms with van der Waals surface area (Å²) in [6.45, 7) is 3.51. The maximum atomic E-state index is 12.4.